The lowest BCUT2D eigenvalue weighted by atomic mass is 9.63. The summed E-state index contributed by atoms with van der Waals surface area (Å²) in [6.07, 6.45) is 0. The third-order valence-corrected chi connectivity index (χ3v) is 13.0. The van der Waals surface area contributed by atoms with Gasteiger partial charge in [0.15, 0.2) is 0 Å². The zero-order valence-corrected chi connectivity index (χ0v) is 32.0. The first kappa shape index (κ1) is 33.3. The number of anilines is 3. The number of hydrogen-bond donors (Lipinski definition) is 0. The molecule has 0 N–H and O–H groups in total. The summed E-state index contributed by atoms with van der Waals surface area (Å²) in [5, 5.41) is 2.57. The minimum atomic E-state index is -0.629. The molecule has 0 saturated heterocycles. The highest BCUT2D eigenvalue weighted by molar-refractivity contribution is 7.26. The second-order valence-corrected chi connectivity index (χ2v) is 15.9. The van der Waals surface area contributed by atoms with Gasteiger partial charge in [-0.1, -0.05) is 188 Å². The summed E-state index contributed by atoms with van der Waals surface area (Å²) in [5.41, 5.74) is 15.2. The van der Waals surface area contributed by atoms with Crippen molar-refractivity contribution < 1.29 is 0 Å². The number of benzene rings is 9. The molecule has 10 aromatic rings. The van der Waals surface area contributed by atoms with Gasteiger partial charge in [0.25, 0.3) is 0 Å². The van der Waals surface area contributed by atoms with Crippen LogP contribution in [0.25, 0.3) is 53.6 Å². The third kappa shape index (κ3) is 5.29. The molecule has 0 unspecified atom stereocenters. The van der Waals surface area contributed by atoms with Gasteiger partial charge in [0.2, 0.25) is 0 Å². The van der Waals surface area contributed by atoms with Crippen LogP contribution in [0.1, 0.15) is 22.3 Å². The molecule has 0 amide bonds. The minimum Gasteiger partial charge on any atom is -0.309 e. The van der Waals surface area contributed by atoms with Crippen LogP contribution in [0.15, 0.2) is 224 Å². The second kappa shape index (κ2) is 13.6. The summed E-state index contributed by atoms with van der Waals surface area (Å²) in [6.45, 7) is 0. The maximum atomic E-state index is 2.47. The Kier molecular flexibility index (Phi) is 7.98. The molecule has 0 atom stereocenters. The van der Waals surface area contributed by atoms with E-state index in [9.17, 15) is 0 Å². The Labute approximate surface area is 337 Å². The minimum absolute atomic E-state index is 0.629. The van der Waals surface area contributed by atoms with E-state index in [4.69, 9.17) is 0 Å². The van der Waals surface area contributed by atoms with E-state index in [-0.39, 0.29) is 0 Å². The van der Waals surface area contributed by atoms with Gasteiger partial charge in [-0.25, -0.2) is 0 Å². The smallest absolute Gasteiger partial charge is 0.0714 e. The summed E-state index contributed by atoms with van der Waals surface area (Å²) in [6, 6.07) is 82.8. The molecule has 0 bridgehead atoms. The Morgan fingerprint density at radius 1 is 0.351 bits per heavy atom. The first-order chi connectivity index (χ1) is 28.3. The van der Waals surface area contributed by atoms with E-state index in [0.29, 0.717) is 0 Å². The standard InChI is InChI=1S/C55H37NS/c1-3-17-38(18-4-1)39-33-35-42(36-34-39)56(52-31-16-28-49-48-27-11-14-32-53(48)57-54(49)52)43-22-15-21-41(37-43)55(40-19-5-2-6-20-40)50-29-12-9-25-46(50)44-23-7-8-24-45(44)47-26-10-13-30-51(47)55/h1-37H. The van der Waals surface area contributed by atoms with Gasteiger partial charge in [-0.05, 0) is 92.0 Å². The van der Waals surface area contributed by atoms with Crippen LogP contribution in [0.4, 0.5) is 17.1 Å². The lowest BCUT2D eigenvalue weighted by Gasteiger charge is -2.39. The molecule has 1 aliphatic rings. The molecule has 0 fully saturated rings. The first-order valence-corrected chi connectivity index (χ1v) is 20.4. The quantitative estimate of drug-likeness (QED) is 0.164. The lowest BCUT2D eigenvalue weighted by Crippen LogP contribution is -2.32. The highest BCUT2D eigenvalue weighted by Crippen LogP contribution is 2.56. The number of nitrogens with zero attached hydrogens (tertiary/aromatic N) is 1. The van der Waals surface area contributed by atoms with E-state index < -0.39 is 5.41 Å². The van der Waals surface area contributed by atoms with Gasteiger partial charge in [0.1, 0.15) is 0 Å². The largest absolute Gasteiger partial charge is 0.309 e. The Balaban J connectivity index is 1.20. The molecule has 268 valence electrons. The molecule has 2 heteroatoms. The Bertz CT molecular complexity index is 3000. The molecule has 0 radical (unpaired) electrons. The van der Waals surface area contributed by atoms with Gasteiger partial charge < -0.3 is 4.90 Å². The predicted molar refractivity (Wildman–Crippen MR) is 242 cm³/mol. The van der Waals surface area contributed by atoms with Crippen molar-refractivity contribution in [1.29, 1.82) is 0 Å². The van der Waals surface area contributed by atoms with E-state index in [2.05, 4.69) is 229 Å². The van der Waals surface area contributed by atoms with Crippen LogP contribution in [-0.4, -0.2) is 0 Å². The van der Waals surface area contributed by atoms with Crippen LogP contribution >= 0.6 is 11.3 Å². The Morgan fingerprint density at radius 3 is 1.58 bits per heavy atom. The Hall–Kier alpha value is -7.00. The summed E-state index contributed by atoms with van der Waals surface area (Å²) >= 11 is 1.87. The van der Waals surface area contributed by atoms with Crippen molar-refractivity contribution >= 4 is 48.6 Å². The SMILES string of the molecule is c1ccc(-c2ccc(N(c3cccc(C4(c5ccccc5)c5ccccc5-c5ccccc5-c5ccccc54)c3)c3cccc4c3sc3ccccc34)cc2)cc1. The van der Waals surface area contributed by atoms with Crippen LogP contribution in [0.5, 0.6) is 0 Å². The van der Waals surface area contributed by atoms with E-state index in [0.717, 1.165) is 11.4 Å². The molecular weight excluding hydrogens is 707 g/mol. The van der Waals surface area contributed by atoms with Crippen molar-refractivity contribution in [1.82, 2.24) is 0 Å². The molecule has 1 nitrogen and oxygen atoms in total. The van der Waals surface area contributed by atoms with Crippen LogP contribution in [0, 0.1) is 0 Å². The maximum absolute atomic E-state index is 2.47. The molecule has 0 aliphatic heterocycles. The summed E-state index contributed by atoms with van der Waals surface area (Å²) < 4.78 is 2.57. The fourth-order valence-corrected chi connectivity index (χ4v) is 10.5. The van der Waals surface area contributed by atoms with Crippen LogP contribution in [-0.2, 0) is 5.41 Å². The normalized spacial score (nSPS) is 12.7. The molecule has 0 spiro atoms. The highest BCUT2D eigenvalue weighted by atomic mass is 32.1. The second-order valence-electron chi connectivity index (χ2n) is 14.8. The predicted octanol–water partition coefficient (Wildman–Crippen LogP) is 15.2. The van der Waals surface area contributed by atoms with E-state index in [1.807, 2.05) is 11.3 Å². The van der Waals surface area contributed by atoms with Crippen molar-refractivity contribution in [2.45, 2.75) is 5.41 Å². The molecule has 1 aliphatic carbocycles. The Morgan fingerprint density at radius 2 is 0.877 bits per heavy atom. The summed E-state index contributed by atoms with van der Waals surface area (Å²) in [7, 11) is 0. The maximum Gasteiger partial charge on any atom is 0.0714 e. The van der Waals surface area contributed by atoms with Crippen molar-refractivity contribution in [2.75, 3.05) is 4.90 Å². The van der Waals surface area contributed by atoms with E-state index in [1.54, 1.807) is 0 Å². The van der Waals surface area contributed by atoms with Crippen LogP contribution in [0.3, 0.4) is 0 Å². The molecular formula is C55H37NS. The lowest BCUT2D eigenvalue weighted by molar-refractivity contribution is 0.751. The first-order valence-electron chi connectivity index (χ1n) is 19.6. The van der Waals surface area contributed by atoms with Gasteiger partial charge >= 0.3 is 0 Å². The molecule has 11 rings (SSSR count). The van der Waals surface area contributed by atoms with Gasteiger partial charge in [-0.2, -0.15) is 0 Å². The van der Waals surface area contributed by atoms with E-state index >= 15 is 0 Å². The number of hydrogen-bond acceptors (Lipinski definition) is 2. The third-order valence-electron chi connectivity index (χ3n) is 11.8. The molecule has 1 heterocycles. The summed E-state index contributed by atoms with van der Waals surface area (Å²) in [5.74, 6) is 0. The molecule has 9 aromatic carbocycles. The van der Waals surface area contributed by atoms with E-state index in [1.165, 1.54) is 81.5 Å². The van der Waals surface area contributed by atoms with Gasteiger partial charge in [-0.15, -0.1) is 11.3 Å². The zero-order valence-electron chi connectivity index (χ0n) is 31.2. The van der Waals surface area contributed by atoms with Gasteiger partial charge in [0, 0.05) is 26.8 Å². The average molecular weight is 744 g/mol. The van der Waals surface area contributed by atoms with Gasteiger partial charge in [0.05, 0.1) is 15.8 Å². The average Bonchev–Trinajstić information content (AvgIpc) is 3.63. The fourth-order valence-electron chi connectivity index (χ4n) is 9.31. The topological polar surface area (TPSA) is 3.24 Å². The van der Waals surface area contributed by atoms with Crippen LogP contribution in [0.2, 0.25) is 0 Å². The molecule has 57 heavy (non-hydrogen) atoms. The monoisotopic (exact) mass is 743 g/mol. The van der Waals surface area contributed by atoms with Crippen LogP contribution < -0.4 is 4.90 Å². The fraction of sp³-hybridized carbons (Fsp3) is 0.0182. The highest BCUT2D eigenvalue weighted by Gasteiger charge is 2.44. The summed E-state index contributed by atoms with van der Waals surface area (Å²) in [4.78, 5) is 2.47. The van der Waals surface area contributed by atoms with Crippen molar-refractivity contribution in [3.8, 4) is 33.4 Å². The van der Waals surface area contributed by atoms with Gasteiger partial charge in [-0.3, -0.25) is 0 Å². The van der Waals surface area contributed by atoms with Crippen molar-refractivity contribution in [2.24, 2.45) is 0 Å². The number of rotatable bonds is 6. The molecule has 1 aromatic heterocycles. The number of fused-ring (bicyclic) bond motifs is 8. The zero-order chi connectivity index (χ0) is 37.8. The van der Waals surface area contributed by atoms with Crippen molar-refractivity contribution in [3.63, 3.8) is 0 Å². The molecule has 0 saturated carbocycles. The number of thiophene rings is 1. The van der Waals surface area contributed by atoms with Crippen molar-refractivity contribution in [3.05, 3.63) is 247 Å².